The van der Waals surface area contributed by atoms with Crippen LogP contribution in [-0.2, 0) is 17.6 Å². The van der Waals surface area contributed by atoms with E-state index in [2.05, 4.69) is 41.6 Å². The molecule has 1 heterocycles. The fourth-order valence-electron chi connectivity index (χ4n) is 4.07. The zero-order valence-corrected chi connectivity index (χ0v) is 19.7. The number of phenolic OH excluding ortho intramolecular Hbond substituents is 1. The number of anilines is 2. The van der Waals surface area contributed by atoms with Crippen LogP contribution in [0.5, 0.6) is 5.75 Å². The Morgan fingerprint density at radius 3 is 2.40 bits per heavy atom. The van der Waals surface area contributed by atoms with Gasteiger partial charge < -0.3 is 10.2 Å². The second-order valence-corrected chi connectivity index (χ2v) is 8.41. The molecular formula is C27H26N4O4. The number of amides is 1. The van der Waals surface area contributed by atoms with E-state index in [-0.39, 0.29) is 17.0 Å². The Bertz CT molecular complexity index is 1360. The molecule has 3 N–H and O–H groups in total. The molecule has 178 valence electrons. The van der Waals surface area contributed by atoms with Gasteiger partial charge in [0.1, 0.15) is 5.75 Å². The van der Waals surface area contributed by atoms with Gasteiger partial charge in [0.25, 0.3) is 0 Å². The number of benzene rings is 3. The number of aromatic hydroxyl groups is 1. The molecule has 1 aliphatic heterocycles. The van der Waals surface area contributed by atoms with Crippen molar-refractivity contribution in [1.82, 2.24) is 0 Å². The SMILES string of the molecule is CC1=NN(c2cccc(C(=O)O)c2)C(=O)/C1=N\Nc1cccc(CCc2c(C)cccc2C)c1O. The van der Waals surface area contributed by atoms with Gasteiger partial charge in [-0.05, 0) is 80.1 Å². The molecule has 0 spiro atoms. The number of carbonyl (C=O) groups excluding carboxylic acids is 1. The monoisotopic (exact) mass is 470 g/mol. The molecule has 8 nitrogen and oxygen atoms in total. The van der Waals surface area contributed by atoms with Crippen LogP contribution in [0.25, 0.3) is 0 Å². The second-order valence-electron chi connectivity index (χ2n) is 8.41. The Balaban J connectivity index is 1.51. The lowest BCUT2D eigenvalue weighted by atomic mass is 9.96. The molecule has 0 saturated heterocycles. The van der Waals surface area contributed by atoms with Gasteiger partial charge in [0, 0.05) is 0 Å². The van der Waals surface area contributed by atoms with Gasteiger partial charge in [-0.3, -0.25) is 10.2 Å². The molecule has 0 fully saturated rings. The van der Waals surface area contributed by atoms with Crippen molar-refractivity contribution in [3.8, 4) is 5.75 Å². The van der Waals surface area contributed by atoms with Crippen molar-refractivity contribution in [2.75, 3.05) is 10.4 Å². The molecule has 0 saturated carbocycles. The van der Waals surface area contributed by atoms with E-state index in [1.54, 1.807) is 25.1 Å². The van der Waals surface area contributed by atoms with Crippen LogP contribution < -0.4 is 10.4 Å². The van der Waals surface area contributed by atoms with E-state index in [0.717, 1.165) is 17.0 Å². The third-order valence-electron chi connectivity index (χ3n) is 6.02. The number of aromatic carboxylic acids is 1. The van der Waals surface area contributed by atoms with Crippen molar-refractivity contribution in [3.05, 3.63) is 88.5 Å². The summed E-state index contributed by atoms with van der Waals surface area (Å²) >= 11 is 0. The fourth-order valence-corrected chi connectivity index (χ4v) is 4.07. The van der Waals surface area contributed by atoms with Crippen LogP contribution in [0.2, 0.25) is 0 Å². The number of para-hydroxylation sites is 1. The summed E-state index contributed by atoms with van der Waals surface area (Å²) in [5, 5.41) is 29.6. The highest BCUT2D eigenvalue weighted by Gasteiger charge is 2.31. The molecule has 0 bridgehead atoms. The maximum Gasteiger partial charge on any atom is 0.335 e. The molecule has 0 atom stereocenters. The first-order valence-electron chi connectivity index (χ1n) is 11.2. The van der Waals surface area contributed by atoms with E-state index in [1.165, 1.54) is 28.8 Å². The van der Waals surface area contributed by atoms with Gasteiger partial charge >= 0.3 is 11.9 Å². The number of phenols is 1. The van der Waals surface area contributed by atoms with E-state index < -0.39 is 11.9 Å². The summed E-state index contributed by atoms with van der Waals surface area (Å²) in [5.41, 5.74) is 8.47. The maximum atomic E-state index is 12.9. The average molecular weight is 471 g/mol. The van der Waals surface area contributed by atoms with Gasteiger partial charge in [0.15, 0.2) is 5.71 Å². The zero-order valence-electron chi connectivity index (χ0n) is 19.7. The smallest absolute Gasteiger partial charge is 0.335 e. The number of carboxylic acid groups (broad SMARTS) is 1. The van der Waals surface area contributed by atoms with Crippen LogP contribution in [0.15, 0.2) is 70.9 Å². The Hall–Kier alpha value is -4.46. The molecule has 8 heteroatoms. The van der Waals surface area contributed by atoms with E-state index in [4.69, 9.17) is 0 Å². The maximum absolute atomic E-state index is 12.9. The minimum Gasteiger partial charge on any atom is -0.505 e. The van der Waals surface area contributed by atoms with Gasteiger partial charge in [-0.2, -0.15) is 15.2 Å². The van der Waals surface area contributed by atoms with Crippen molar-refractivity contribution < 1.29 is 19.8 Å². The number of hydrogen-bond donors (Lipinski definition) is 3. The van der Waals surface area contributed by atoms with Crippen LogP contribution in [-0.4, -0.2) is 33.5 Å². The van der Waals surface area contributed by atoms with Crippen molar-refractivity contribution in [2.24, 2.45) is 10.2 Å². The lowest BCUT2D eigenvalue weighted by Gasteiger charge is -2.13. The Morgan fingerprint density at radius 2 is 1.69 bits per heavy atom. The zero-order chi connectivity index (χ0) is 25.1. The molecule has 3 aromatic carbocycles. The number of aryl methyl sites for hydroxylation is 3. The third-order valence-corrected chi connectivity index (χ3v) is 6.02. The first kappa shape index (κ1) is 23.7. The molecule has 3 aromatic rings. The molecule has 1 amide bonds. The normalized spacial score (nSPS) is 14.4. The lowest BCUT2D eigenvalue weighted by Crippen LogP contribution is -2.28. The quantitative estimate of drug-likeness (QED) is 0.343. The summed E-state index contributed by atoms with van der Waals surface area (Å²) < 4.78 is 0. The van der Waals surface area contributed by atoms with Gasteiger partial charge in [-0.15, -0.1) is 0 Å². The largest absolute Gasteiger partial charge is 0.505 e. The summed E-state index contributed by atoms with van der Waals surface area (Å²) in [6.07, 6.45) is 1.44. The fraction of sp³-hybridized carbons (Fsp3) is 0.185. The minimum absolute atomic E-state index is 0.0503. The summed E-state index contributed by atoms with van der Waals surface area (Å²) in [4.78, 5) is 24.2. The van der Waals surface area contributed by atoms with Gasteiger partial charge in [0.2, 0.25) is 0 Å². The number of hydrazone groups is 2. The van der Waals surface area contributed by atoms with Gasteiger partial charge in [0.05, 0.1) is 22.6 Å². The summed E-state index contributed by atoms with van der Waals surface area (Å²) in [6, 6.07) is 17.5. The number of nitrogens with zero attached hydrogens (tertiary/aromatic N) is 3. The van der Waals surface area contributed by atoms with Gasteiger partial charge in [-0.1, -0.05) is 36.4 Å². The molecule has 1 aliphatic rings. The van der Waals surface area contributed by atoms with Gasteiger partial charge in [-0.25, -0.2) is 4.79 Å². The first-order valence-corrected chi connectivity index (χ1v) is 11.2. The summed E-state index contributed by atoms with van der Waals surface area (Å²) in [6.45, 7) is 5.81. The highest BCUT2D eigenvalue weighted by Crippen LogP contribution is 2.30. The van der Waals surface area contributed by atoms with Crippen molar-refractivity contribution in [3.63, 3.8) is 0 Å². The Morgan fingerprint density at radius 1 is 1.00 bits per heavy atom. The number of carboxylic acids is 1. The Labute approximate surface area is 203 Å². The van der Waals surface area contributed by atoms with Crippen molar-refractivity contribution >= 4 is 34.7 Å². The first-order chi connectivity index (χ1) is 16.8. The van der Waals surface area contributed by atoms with E-state index in [0.29, 0.717) is 23.5 Å². The van der Waals surface area contributed by atoms with E-state index >= 15 is 0 Å². The predicted octanol–water partition coefficient (Wildman–Crippen LogP) is 4.68. The second kappa shape index (κ2) is 9.80. The predicted molar refractivity (Wildman–Crippen MR) is 136 cm³/mol. The van der Waals surface area contributed by atoms with Crippen LogP contribution >= 0.6 is 0 Å². The highest BCUT2D eigenvalue weighted by atomic mass is 16.4. The number of carbonyl (C=O) groups is 2. The van der Waals surface area contributed by atoms with Crippen LogP contribution in [0.4, 0.5) is 11.4 Å². The Kier molecular flexibility index (Phi) is 6.64. The topological polar surface area (TPSA) is 115 Å². The average Bonchev–Trinajstić information content (AvgIpc) is 3.12. The molecule has 0 radical (unpaired) electrons. The minimum atomic E-state index is -1.09. The molecule has 0 aromatic heterocycles. The molecule has 4 rings (SSSR count). The summed E-state index contributed by atoms with van der Waals surface area (Å²) in [7, 11) is 0. The lowest BCUT2D eigenvalue weighted by molar-refractivity contribution is -0.112. The van der Waals surface area contributed by atoms with Crippen LogP contribution in [0, 0.1) is 13.8 Å². The number of nitrogens with one attached hydrogen (secondary N) is 1. The molecule has 0 aliphatic carbocycles. The molecule has 0 unspecified atom stereocenters. The number of hydrogen-bond acceptors (Lipinski definition) is 6. The third kappa shape index (κ3) is 4.91. The molecular weight excluding hydrogens is 444 g/mol. The highest BCUT2D eigenvalue weighted by molar-refractivity contribution is 6.71. The van der Waals surface area contributed by atoms with Crippen molar-refractivity contribution in [2.45, 2.75) is 33.6 Å². The standard InChI is InChI=1S/C27H26N4O4/c1-16-7-4-8-17(2)22(16)14-13-19-9-6-12-23(25(19)32)28-29-24-18(3)30-31(26(24)33)21-11-5-10-20(15-21)27(34)35/h4-12,15,28,32H,13-14H2,1-3H3,(H,34,35)/b29-24-. The van der Waals surface area contributed by atoms with Crippen LogP contribution in [0.1, 0.15) is 39.5 Å². The summed E-state index contributed by atoms with van der Waals surface area (Å²) in [5.74, 6) is -1.51. The van der Waals surface area contributed by atoms with E-state index in [1.807, 2.05) is 18.2 Å². The van der Waals surface area contributed by atoms with E-state index in [9.17, 15) is 19.8 Å². The van der Waals surface area contributed by atoms with Crippen molar-refractivity contribution in [1.29, 1.82) is 0 Å². The molecule has 35 heavy (non-hydrogen) atoms. The van der Waals surface area contributed by atoms with Crippen LogP contribution in [0.3, 0.4) is 0 Å². The number of rotatable bonds is 7.